The Balaban J connectivity index is 1.51. The van der Waals surface area contributed by atoms with Crippen molar-refractivity contribution < 1.29 is 19.1 Å². The van der Waals surface area contributed by atoms with Gasteiger partial charge in [-0.05, 0) is 44.0 Å². The topological polar surface area (TPSA) is 87.7 Å². The van der Waals surface area contributed by atoms with Crippen molar-refractivity contribution in [1.29, 1.82) is 0 Å². The maximum absolute atomic E-state index is 12.9. The highest BCUT2D eigenvalue weighted by atomic mass is 35.5. The van der Waals surface area contributed by atoms with Crippen molar-refractivity contribution in [3.05, 3.63) is 53.6 Å². The van der Waals surface area contributed by atoms with Crippen LogP contribution in [0.2, 0.25) is 5.02 Å². The van der Waals surface area contributed by atoms with Gasteiger partial charge in [-0.25, -0.2) is 9.69 Å². The molecule has 4 amide bonds. The Bertz CT molecular complexity index is 1000. The molecule has 2 N–H and O–H groups in total. The number of urea groups is 1. The number of amides is 4. The predicted molar refractivity (Wildman–Crippen MR) is 113 cm³/mol. The van der Waals surface area contributed by atoms with E-state index in [4.69, 9.17) is 16.3 Å². The number of anilines is 1. The summed E-state index contributed by atoms with van der Waals surface area (Å²) in [6.45, 7) is 1.54. The third kappa shape index (κ3) is 3.61. The Hall–Kier alpha value is -3.06. The van der Waals surface area contributed by atoms with Crippen LogP contribution in [-0.2, 0) is 9.59 Å². The second-order valence-corrected chi connectivity index (χ2v) is 8.00. The molecule has 7 nitrogen and oxygen atoms in total. The molecule has 0 bridgehead atoms. The van der Waals surface area contributed by atoms with E-state index in [2.05, 4.69) is 10.6 Å². The molecule has 2 aromatic carbocycles. The predicted octanol–water partition coefficient (Wildman–Crippen LogP) is 4.32. The first-order valence-electron chi connectivity index (χ1n) is 9.89. The zero-order valence-corrected chi connectivity index (χ0v) is 17.2. The van der Waals surface area contributed by atoms with E-state index < -0.39 is 23.5 Å². The molecular formula is C22H22ClN3O4. The second-order valence-electron chi connectivity index (χ2n) is 7.59. The molecule has 4 rings (SSSR count). The summed E-state index contributed by atoms with van der Waals surface area (Å²) < 4.78 is 5.86. The summed E-state index contributed by atoms with van der Waals surface area (Å²) in [7, 11) is 0. The number of halogens is 1. The van der Waals surface area contributed by atoms with E-state index >= 15 is 0 Å². The molecule has 1 aliphatic carbocycles. The van der Waals surface area contributed by atoms with Crippen LogP contribution in [0.25, 0.3) is 0 Å². The van der Waals surface area contributed by atoms with Crippen molar-refractivity contribution in [3.8, 4) is 11.5 Å². The van der Waals surface area contributed by atoms with Crippen LogP contribution in [-0.4, -0.2) is 34.3 Å². The maximum Gasteiger partial charge on any atom is 0.325 e. The van der Waals surface area contributed by atoms with Gasteiger partial charge < -0.3 is 15.4 Å². The molecule has 1 heterocycles. The third-order valence-electron chi connectivity index (χ3n) is 5.62. The fourth-order valence-corrected chi connectivity index (χ4v) is 4.14. The number of carbonyl (C=O) groups is 3. The number of ether oxygens (including phenoxy) is 1. The molecule has 8 heteroatoms. The highest BCUT2D eigenvalue weighted by Crippen LogP contribution is 2.36. The summed E-state index contributed by atoms with van der Waals surface area (Å²) in [6.07, 6.45) is 2.98. The average molecular weight is 428 g/mol. The van der Waals surface area contributed by atoms with Crippen molar-refractivity contribution in [1.82, 2.24) is 10.2 Å². The van der Waals surface area contributed by atoms with Crippen molar-refractivity contribution in [2.45, 2.75) is 44.2 Å². The van der Waals surface area contributed by atoms with Gasteiger partial charge in [-0.3, -0.25) is 9.59 Å². The van der Waals surface area contributed by atoms with Crippen LogP contribution in [0.4, 0.5) is 10.5 Å². The Morgan fingerprint density at radius 2 is 1.73 bits per heavy atom. The number of hydrogen-bond acceptors (Lipinski definition) is 4. The van der Waals surface area contributed by atoms with Crippen LogP contribution in [0.5, 0.6) is 11.5 Å². The number of benzene rings is 2. The van der Waals surface area contributed by atoms with Crippen LogP contribution in [0.1, 0.15) is 32.6 Å². The lowest BCUT2D eigenvalue weighted by Crippen LogP contribution is -2.48. The highest BCUT2D eigenvalue weighted by molar-refractivity contribution is 6.32. The minimum Gasteiger partial charge on any atom is -0.454 e. The summed E-state index contributed by atoms with van der Waals surface area (Å²) in [4.78, 5) is 39.3. The molecule has 2 fully saturated rings. The summed E-state index contributed by atoms with van der Waals surface area (Å²) in [6, 6.07) is 12.4. The fraction of sp³-hybridized carbons (Fsp3) is 0.318. The molecular weight excluding hydrogens is 406 g/mol. The molecule has 1 saturated carbocycles. The van der Waals surface area contributed by atoms with Gasteiger partial charge in [0.15, 0.2) is 5.75 Å². The zero-order chi connectivity index (χ0) is 21.3. The lowest BCUT2D eigenvalue weighted by Gasteiger charge is -2.24. The quantitative estimate of drug-likeness (QED) is 0.695. The van der Waals surface area contributed by atoms with E-state index in [-0.39, 0.29) is 5.91 Å². The van der Waals surface area contributed by atoms with E-state index in [0.717, 1.165) is 17.7 Å². The van der Waals surface area contributed by atoms with Gasteiger partial charge in [-0.15, -0.1) is 0 Å². The Morgan fingerprint density at radius 1 is 1.10 bits per heavy atom. The van der Waals surface area contributed by atoms with Crippen LogP contribution >= 0.6 is 11.6 Å². The van der Waals surface area contributed by atoms with Gasteiger partial charge in [0.25, 0.3) is 5.91 Å². The molecule has 1 unspecified atom stereocenters. The molecule has 1 atom stereocenters. The summed E-state index contributed by atoms with van der Waals surface area (Å²) in [5.41, 5.74) is -0.437. The van der Waals surface area contributed by atoms with Crippen LogP contribution in [0, 0.1) is 0 Å². The van der Waals surface area contributed by atoms with Gasteiger partial charge in [-0.1, -0.05) is 48.7 Å². The summed E-state index contributed by atoms with van der Waals surface area (Å²) in [5.74, 6) is 0.0406. The molecule has 1 saturated heterocycles. The van der Waals surface area contributed by atoms with E-state index in [1.165, 1.54) is 6.92 Å². The minimum absolute atomic E-state index is 0.326. The standard InChI is InChI=1S/C22H22ClN3O4/c1-14(26-20(28)22(25-21(26)29)12-6-7-13-22)19(27)24-16-9-3-5-11-18(16)30-17-10-4-2-8-15(17)23/h2-5,8-11,14H,6-7,12-13H2,1H3,(H,24,27)(H,25,29). The van der Waals surface area contributed by atoms with E-state index in [0.29, 0.717) is 35.1 Å². The average Bonchev–Trinajstić information content (AvgIpc) is 3.29. The molecule has 1 aliphatic heterocycles. The van der Waals surface area contributed by atoms with E-state index in [9.17, 15) is 14.4 Å². The number of rotatable bonds is 5. The fourth-order valence-electron chi connectivity index (χ4n) is 3.97. The van der Waals surface area contributed by atoms with Crippen molar-refractivity contribution in [2.24, 2.45) is 0 Å². The number of para-hydroxylation sites is 3. The number of nitrogens with one attached hydrogen (secondary N) is 2. The Kier molecular flexibility index (Phi) is 5.39. The number of hydrogen-bond donors (Lipinski definition) is 2. The van der Waals surface area contributed by atoms with Gasteiger partial charge >= 0.3 is 6.03 Å². The molecule has 0 aromatic heterocycles. The maximum atomic E-state index is 12.9. The van der Waals surface area contributed by atoms with E-state index in [1.807, 2.05) is 0 Å². The van der Waals surface area contributed by atoms with E-state index in [1.54, 1.807) is 48.5 Å². The molecule has 156 valence electrons. The van der Waals surface area contributed by atoms with Gasteiger partial charge in [0.05, 0.1) is 10.7 Å². The number of carbonyl (C=O) groups excluding carboxylic acids is 3. The Morgan fingerprint density at radius 3 is 2.43 bits per heavy atom. The second kappa shape index (κ2) is 7.99. The first-order valence-corrected chi connectivity index (χ1v) is 10.3. The highest BCUT2D eigenvalue weighted by Gasteiger charge is 2.54. The summed E-state index contributed by atoms with van der Waals surface area (Å²) >= 11 is 6.16. The third-order valence-corrected chi connectivity index (χ3v) is 5.93. The van der Waals surface area contributed by atoms with Gasteiger partial charge in [0.1, 0.15) is 17.3 Å². The number of imide groups is 1. The summed E-state index contributed by atoms with van der Waals surface area (Å²) in [5, 5.41) is 6.00. The lowest BCUT2D eigenvalue weighted by atomic mass is 9.97. The molecule has 2 aliphatic rings. The minimum atomic E-state index is -0.967. The smallest absolute Gasteiger partial charge is 0.325 e. The molecule has 2 aromatic rings. The monoisotopic (exact) mass is 427 g/mol. The van der Waals surface area contributed by atoms with Crippen molar-refractivity contribution >= 4 is 35.1 Å². The van der Waals surface area contributed by atoms with Gasteiger partial charge in [0, 0.05) is 0 Å². The largest absolute Gasteiger partial charge is 0.454 e. The Labute approximate surface area is 179 Å². The molecule has 30 heavy (non-hydrogen) atoms. The van der Waals surface area contributed by atoms with Crippen LogP contribution in [0.15, 0.2) is 48.5 Å². The lowest BCUT2D eigenvalue weighted by molar-refractivity contribution is -0.136. The van der Waals surface area contributed by atoms with Crippen molar-refractivity contribution in [3.63, 3.8) is 0 Å². The first kappa shape index (κ1) is 20.2. The van der Waals surface area contributed by atoms with Crippen LogP contribution < -0.4 is 15.4 Å². The normalized spacial score (nSPS) is 18.4. The van der Waals surface area contributed by atoms with Gasteiger partial charge in [-0.2, -0.15) is 0 Å². The first-order chi connectivity index (χ1) is 14.4. The number of nitrogens with zero attached hydrogens (tertiary/aromatic N) is 1. The SMILES string of the molecule is CC(C(=O)Nc1ccccc1Oc1ccccc1Cl)N1C(=O)NC2(CCCC2)C1=O. The van der Waals surface area contributed by atoms with Crippen molar-refractivity contribution in [2.75, 3.05) is 5.32 Å². The van der Waals surface area contributed by atoms with Crippen LogP contribution in [0.3, 0.4) is 0 Å². The zero-order valence-electron chi connectivity index (χ0n) is 16.5. The van der Waals surface area contributed by atoms with Gasteiger partial charge in [0.2, 0.25) is 5.91 Å². The molecule has 1 spiro atoms. The molecule has 0 radical (unpaired) electrons.